The number of ketones is 1. The van der Waals surface area contributed by atoms with Crippen LogP contribution >= 0.6 is 27.5 Å². The Morgan fingerprint density at radius 1 is 1.62 bits per heavy atom. The van der Waals surface area contributed by atoms with Crippen LogP contribution in [0.2, 0.25) is 5.02 Å². The van der Waals surface area contributed by atoms with Crippen molar-refractivity contribution in [3.63, 3.8) is 0 Å². The molecule has 0 aliphatic rings. The fourth-order valence-electron chi connectivity index (χ4n) is 1.06. The SMILES string of the molecule is Cc1c(N)cc(Cl)cc1C(=O)CBr. The van der Waals surface area contributed by atoms with Gasteiger partial charge in [-0.1, -0.05) is 27.5 Å². The summed E-state index contributed by atoms with van der Waals surface area (Å²) in [5, 5.41) is 0.778. The molecule has 0 heterocycles. The Labute approximate surface area is 90.2 Å². The Morgan fingerprint density at radius 3 is 2.77 bits per heavy atom. The van der Waals surface area contributed by atoms with Crippen LogP contribution in [0.25, 0.3) is 0 Å². The number of Topliss-reactive ketones (excluding diaryl/α,β-unsaturated/α-hetero) is 1. The lowest BCUT2D eigenvalue weighted by Crippen LogP contribution is -2.05. The second-order valence-electron chi connectivity index (χ2n) is 2.72. The van der Waals surface area contributed by atoms with Gasteiger partial charge in [-0.15, -0.1) is 0 Å². The summed E-state index contributed by atoms with van der Waals surface area (Å²) in [6.45, 7) is 1.81. The summed E-state index contributed by atoms with van der Waals surface area (Å²) in [6, 6.07) is 3.28. The summed E-state index contributed by atoms with van der Waals surface area (Å²) in [6.07, 6.45) is 0. The van der Waals surface area contributed by atoms with E-state index >= 15 is 0 Å². The molecule has 1 aromatic carbocycles. The number of hydrogen-bond acceptors (Lipinski definition) is 2. The highest BCUT2D eigenvalue weighted by atomic mass is 79.9. The van der Waals surface area contributed by atoms with E-state index in [1.54, 1.807) is 12.1 Å². The van der Waals surface area contributed by atoms with Gasteiger partial charge in [0.25, 0.3) is 0 Å². The number of carbonyl (C=O) groups is 1. The normalized spacial score (nSPS) is 10.1. The summed E-state index contributed by atoms with van der Waals surface area (Å²) in [5.74, 6) is -0.00769. The zero-order valence-corrected chi connectivity index (χ0v) is 9.45. The maximum Gasteiger partial charge on any atom is 0.173 e. The quantitative estimate of drug-likeness (QED) is 0.506. The molecule has 0 aromatic heterocycles. The van der Waals surface area contributed by atoms with Gasteiger partial charge in [-0.25, -0.2) is 0 Å². The van der Waals surface area contributed by atoms with Crippen molar-refractivity contribution in [2.75, 3.05) is 11.1 Å². The van der Waals surface area contributed by atoms with Crippen LogP contribution in [0.5, 0.6) is 0 Å². The van der Waals surface area contributed by atoms with Crippen LogP contribution in [0.15, 0.2) is 12.1 Å². The van der Waals surface area contributed by atoms with E-state index in [2.05, 4.69) is 15.9 Å². The number of hydrogen-bond donors (Lipinski definition) is 1. The molecule has 0 saturated heterocycles. The second-order valence-corrected chi connectivity index (χ2v) is 3.72. The molecule has 70 valence electrons. The van der Waals surface area contributed by atoms with Crippen LogP contribution in [0, 0.1) is 6.92 Å². The standard InChI is InChI=1S/C9H9BrClNO/c1-5-7(9(13)4-10)2-6(11)3-8(5)12/h2-3H,4,12H2,1H3. The van der Waals surface area contributed by atoms with E-state index in [0.717, 1.165) is 5.56 Å². The van der Waals surface area contributed by atoms with Gasteiger partial charge in [-0.2, -0.15) is 0 Å². The summed E-state index contributed by atoms with van der Waals surface area (Å²) in [4.78, 5) is 11.4. The lowest BCUT2D eigenvalue weighted by Gasteiger charge is -2.06. The minimum absolute atomic E-state index is 0.00769. The molecular formula is C9H9BrClNO. The molecular weight excluding hydrogens is 253 g/mol. The van der Waals surface area contributed by atoms with Crippen molar-refractivity contribution >= 4 is 39.0 Å². The molecule has 0 amide bonds. The Morgan fingerprint density at radius 2 is 2.23 bits per heavy atom. The van der Waals surface area contributed by atoms with Gasteiger partial charge in [0.2, 0.25) is 0 Å². The van der Waals surface area contributed by atoms with Crippen LogP contribution in [0.4, 0.5) is 5.69 Å². The molecule has 2 N–H and O–H groups in total. The van der Waals surface area contributed by atoms with Crippen molar-refractivity contribution < 1.29 is 4.79 Å². The van der Waals surface area contributed by atoms with Gasteiger partial charge in [0.15, 0.2) is 5.78 Å². The van der Waals surface area contributed by atoms with Crippen molar-refractivity contribution in [1.29, 1.82) is 0 Å². The average molecular weight is 263 g/mol. The molecule has 1 aromatic rings. The van der Waals surface area contributed by atoms with Crippen LogP contribution in [-0.4, -0.2) is 11.1 Å². The minimum Gasteiger partial charge on any atom is -0.398 e. The largest absolute Gasteiger partial charge is 0.398 e. The molecule has 13 heavy (non-hydrogen) atoms. The monoisotopic (exact) mass is 261 g/mol. The molecule has 0 fully saturated rings. The number of nitrogens with two attached hydrogens (primary N) is 1. The molecule has 0 aliphatic heterocycles. The van der Waals surface area contributed by atoms with Gasteiger partial charge in [0, 0.05) is 16.3 Å². The molecule has 0 atom stereocenters. The van der Waals surface area contributed by atoms with E-state index < -0.39 is 0 Å². The number of anilines is 1. The highest BCUT2D eigenvalue weighted by molar-refractivity contribution is 9.09. The van der Waals surface area contributed by atoms with Crippen LogP contribution in [-0.2, 0) is 0 Å². The van der Waals surface area contributed by atoms with Crippen LogP contribution in [0.1, 0.15) is 15.9 Å². The van der Waals surface area contributed by atoms with Crippen molar-refractivity contribution in [3.05, 3.63) is 28.3 Å². The van der Waals surface area contributed by atoms with Crippen LogP contribution in [0.3, 0.4) is 0 Å². The Hall–Kier alpha value is -0.540. The molecule has 0 radical (unpaired) electrons. The third-order valence-corrected chi connectivity index (χ3v) is 2.56. The van der Waals surface area contributed by atoms with Crippen molar-refractivity contribution in [2.24, 2.45) is 0 Å². The van der Waals surface area contributed by atoms with E-state index in [4.69, 9.17) is 17.3 Å². The summed E-state index contributed by atoms with van der Waals surface area (Å²) < 4.78 is 0. The zero-order chi connectivity index (χ0) is 10.0. The maximum atomic E-state index is 11.4. The van der Waals surface area contributed by atoms with E-state index in [1.807, 2.05) is 6.92 Å². The van der Waals surface area contributed by atoms with E-state index in [0.29, 0.717) is 16.3 Å². The fourth-order valence-corrected chi connectivity index (χ4v) is 1.59. The van der Waals surface area contributed by atoms with E-state index in [1.165, 1.54) is 0 Å². The number of carbonyl (C=O) groups excluding carboxylic acids is 1. The van der Waals surface area contributed by atoms with E-state index in [9.17, 15) is 4.79 Å². The lowest BCUT2D eigenvalue weighted by molar-refractivity contribution is 0.102. The first-order valence-electron chi connectivity index (χ1n) is 3.71. The molecule has 1 rings (SSSR count). The van der Waals surface area contributed by atoms with E-state index in [-0.39, 0.29) is 11.1 Å². The first-order chi connectivity index (χ1) is 6.06. The average Bonchev–Trinajstić information content (AvgIpc) is 2.10. The number of halogens is 2. The van der Waals surface area contributed by atoms with Gasteiger partial charge in [-0.3, -0.25) is 4.79 Å². The number of nitrogen functional groups attached to an aromatic ring is 1. The third kappa shape index (κ3) is 2.23. The Kier molecular flexibility index (Phi) is 3.33. The summed E-state index contributed by atoms with van der Waals surface area (Å²) >= 11 is 8.88. The van der Waals surface area contributed by atoms with Crippen LogP contribution < -0.4 is 5.73 Å². The maximum absolute atomic E-state index is 11.4. The second kappa shape index (κ2) is 4.11. The predicted molar refractivity (Wildman–Crippen MR) is 58.7 cm³/mol. The first kappa shape index (κ1) is 10.5. The molecule has 0 unspecified atom stereocenters. The highest BCUT2D eigenvalue weighted by Crippen LogP contribution is 2.22. The lowest BCUT2D eigenvalue weighted by atomic mass is 10.0. The number of rotatable bonds is 2. The van der Waals surface area contributed by atoms with Crippen molar-refractivity contribution in [1.82, 2.24) is 0 Å². The topological polar surface area (TPSA) is 43.1 Å². The summed E-state index contributed by atoms with van der Waals surface area (Å²) in [5.41, 5.74) is 7.59. The molecule has 0 spiro atoms. The Bertz CT molecular complexity index is 352. The zero-order valence-electron chi connectivity index (χ0n) is 7.10. The molecule has 2 nitrogen and oxygen atoms in total. The van der Waals surface area contributed by atoms with Crippen molar-refractivity contribution in [2.45, 2.75) is 6.92 Å². The van der Waals surface area contributed by atoms with Gasteiger partial charge in [-0.05, 0) is 24.6 Å². The van der Waals surface area contributed by atoms with Gasteiger partial charge < -0.3 is 5.73 Å². The molecule has 0 aliphatic carbocycles. The predicted octanol–water partition coefficient (Wildman–Crippen LogP) is 2.81. The van der Waals surface area contributed by atoms with Gasteiger partial charge in [0.05, 0.1) is 5.33 Å². The molecule has 4 heteroatoms. The molecule has 0 saturated carbocycles. The number of benzene rings is 1. The molecule has 0 bridgehead atoms. The third-order valence-electron chi connectivity index (χ3n) is 1.83. The Balaban J connectivity index is 3.28. The number of alkyl halides is 1. The van der Waals surface area contributed by atoms with Crippen molar-refractivity contribution in [3.8, 4) is 0 Å². The van der Waals surface area contributed by atoms with Gasteiger partial charge >= 0.3 is 0 Å². The highest BCUT2D eigenvalue weighted by Gasteiger charge is 2.10. The smallest absolute Gasteiger partial charge is 0.173 e. The minimum atomic E-state index is -0.00769. The fraction of sp³-hybridized carbons (Fsp3) is 0.222. The van der Waals surface area contributed by atoms with Gasteiger partial charge in [0.1, 0.15) is 0 Å². The summed E-state index contributed by atoms with van der Waals surface area (Å²) in [7, 11) is 0. The first-order valence-corrected chi connectivity index (χ1v) is 5.21.